The molecule has 13 heavy (non-hydrogen) atoms. The van der Waals surface area contributed by atoms with E-state index < -0.39 is 0 Å². The Morgan fingerprint density at radius 1 is 1.62 bits per heavy atom. The molecule has 0 saturated carbocycles. The number of furan rings is 1. The average molecular weight is 216 g/mol. The normalized spacial score (nSPS) is 10.2. The van der Waals surface area contributed by atoms with Gasteiger partial charge in [-0.1, -0.05) is 22.9 Å². The van der Waals surface area contributed by atoms with Crippen LogP contribution in [-0.2, 0) is 6.61 Å². The van der Waals surface area contributed by atoms with Crippen molar-refractivity contribution in [3.8, 4) is 5.19 Å². The maximum Gasteiger partial charge on any atom is 0.275 e. The standard InChI is InChI=1S/C8H6ClNO2S/c9-7-5-13-8(10-7)12-4-6-2-1-3-11-6/h1-3,5H,4H2. The summed E-state index contributed by atoms with van der Waals surface area (Å²) >= 11 is 6.98. The summed E-state index contributed by atoms with van der Waals surface area (Å²) in [6.45, 7) is 0.386. The number of aromatic nitrogens is 1. The third-order valence-corrected chi connectivity index (χ3v) is 2.45. The highest BCUT2D eigenvalue weighted by Crippen LogP contribution is 2.22. The summed E-state index contributed by atoms with van der Waals surface area (Å²) < 4.78 is 10.4. The molecule has 0 aliphatic rings. The van der Waals surface area contributed by atoms with Crippen molar-refractivity contribution in [1.82, 2.24) is 4.98 Å². The monoisotopic (exact) mass is 215 g/mol. The van der Waals surface area contributed by atoms with Crippen molar-refractivity contribution in [3.63, 3.8) is 0 Å². The summed E-state index contributed by atoms with van der Waals surface area (Å²) in [5.41, 5.74) is 0. The lowest BCUT2D eigenvalue weighted by Gasteiger charge is -1.97. The molecule has 0 N–H and O–H groups in total. The Kier molecular flexibility index (Phi) is 2.52. The van der Waals surface area contributed by atoms with Gasteiger partial charge in [-0.3, -0.25) is 0 Å². The van der Waals surface area contributed by atoms with Crippen LogP contribution in [-0.4, -0.2) is 4.98 Å². The number of nitrogens with zero attached hydrogens (tertiary/aromatic N) is 1. The molecule has 68 valence electrons. The fraction of sp³-hybridized carbons (Fsp3) is 0.125. The molecule has 2 aromatic heterocycles. The van der Waals surface area contributed by atoms with Crippen molar-refractivity contribution in [1.29, 1.82) is 0 Å². The van der Waals surface area contributed by atoms with Crippen molar-refractivity contribution in [2.45, 2.75) is 6.61 Å². The molecule has 0 amide bonds. The molecule has 2 heterocycles. The summed E-state index contributed by atoms with van der Waals surface area (Å²) in [6.07, 6.45) is 1.60. The van der Waals surface area contributed by atoms with Gasteiger partial charge in [0.25, 0.3) is 5.19 Å². The first-order valence-electron chi connectivity index (χ1n) is 3.61. The van der Waals surface area contributed by atoms with Crippen molar-refractivity contribution in [2.24, 2.45) is 0 Å². The number of ether oxygens (including phenoxy) is 1. The molecule has 0 atom stereocenters. The van der Waals surface area contributed by atoms with Crippen LogP contribution in [0.1, 0.15) is 5.76 Å². The summed E-state index contributed by atoms with van der Waals surface area (Å²) in [5.74, 6) is 0.770. The van der Waals surface area contributed by atoms with Crippen molar-refractivity contribution >= 4 is 22.9 Å². The van der Waals surface area contributed by atoms with Crippen LogP contribution in [0.25, 0.3) is 0 Å². The smallest absolute Gasteiger partial charge is 0.275 e. The highest BCUT2D eigenvalue weighted by molar-refractivity contribution is 7.11. The van der Waals surface area contributed by atoms with Crippen LogP contribution in [0, 0.1) is 0 Å². The molecule has 0 aromatic carbocycles. The van der Waals surface area contributed by atoms with Gasteiger partial charge in [0.15, 0.2) is 0 Å². The minimum atomic E-state index is 0.386. The largest absolute Gasteiger partial charge is 0.466 e. The molecule has 3 nitrogen and oxygen atoms in total. The first-order valence-corrected chi connectivity index (χ1v) is 4.86. The summed E-state index contributed by atoms with van der Waals surface area (Å²) in [7, 11) is 0. The highest BCUT2D eigenvalue weighted by Gasteiger charge is 2.01. The van der Waals surface area contributed by atoms with E-state index in [1.165, 1.54) is 11.3 Å². The van der Waals surface area contributed by atoms with Gasteiger partial charge >= 0.3 is 0 Å². The number of halogens is 1. The summed E-state index contributed by atoms with van der Waals surface area (Å²) in [5, 5.41) is 2.74. The van der Waals surface area contributed by atoms with E-state index >= 15 is 0 Å². The lowest BCUT2D eigenvalue weighted by atomic mass is 10.5. The summed E-state index contributed by atoms with van der Waals surface area (Å²) in [6, 6.07) is 3.66. The van der Waals surface area contributed by atoms with E-state index in [-0.39, 0.29) is 0 Å². The van der Waals surface area contributed by atoms with Gasteiger partial charge in [-0.25, -0.2) is 0 Å². The van der Waals surface area contributed by atoms with Gasteiger partial charge in [0, 0.05) is 5.38 Å². The third-order valence-electron chi connectivity index (χ3n) is 1.37. The fourth-order valence-electron chi connectivity index (χ4n) is 0.833. The van der Waals surface area contributed by atoms with E-state index in [9.17, 15) is 0 Å². The first kappa shape index (κ1) is 8.59. The lowest BCUT2D eigenvalue weighted by molar-refractivity contribution is 0.269. The van der Waals surface area contributed by atoms with E-state index in [2.05, 4.69) is 4.98 Å². The van der Waals surface area contributed by atoms with Crippen LogP contribution < -0.4 is 4.74 Å². The van der Waals surface area contributed by atoms with Gasteiger partial charge in [0.1, 0.15) is 17.5 Å². The Hall–Kier alpha value is -1.00. The van der Waals surface area contributed by atoms with Crippen molar-refractivity contribution in [2.75, 3.05) is 0 Å². The Bertz CT molecular complexity index is 371. The quantitative estimate of drug-likeness (QED) is 0.790. The van der Waals surface area contributed by atoms with Crippen LogP contribution >= 0.6 is 22.9 Å². The molecule has 5 heteroatoms. The van der Waals surface area contributed by atoms with Gasteiger partial charge < -0.3 is 9.15 Å². The van der Waals surface area contributed by atoms with E-state index in [1.807, 2.05) is 12.1 Å². The van der Waals surface area contributed by atoms with E-state index in [1.54, 1.807) is 11.6 Å². The highest BCUT2D eigenvalue weighted by atomic mass is 35.5. The molecular formula is C8H6ClNO2S. The van der Waals surface area contributed by atoms with Gasteiger partial charge in [0.2, 0.25) is 0 Å². The zero-order valence-electron chi connectivity index (χ0n) is 6.57. The van der Waals surface area contributed by atoms with Gasteiger partial charge in [-0.2, -0.15) is 4.98 Å². The molecule has 2 rings (SSSR count). The Morgan fingerprint density at radius 3 is 3.15 bits per heavy atom. The number of hydrogen-bond acceptors (Lipinski definition) is 4. The second-order valence-electron chi connectivity index (χ2n) is 2.30. The molecule has 0 radical (unpaired) electrons. The predicted octanol–water partition coefficient (Wildman–Crippen LogP) is 2.97. The van der Waals surface area contributed by atoms with Crippen LogP contribution in [0.2, 0.25) is 5.15 Å². The molecule has 0 aliphatic carbocycles. The summed E-state index contributed by atoms with van der Waals surface area (Å²) in [4.78, 5) is 3.93. The maximum absolute atomic E-state index is 5.62. The number of thiazole rings is 1. The van der Waals surface area contributed by atoms with Gasteiger partial charge in [-0.15, -0.1) is 0 Å². The Labute approximate surface area is 83.9 Å². The fourth-order valence-corrected chi connectivity index (χ4v) is 1.62. The van der Waals surface area contributed by atoms with E-state index in [0.29, 0.717) is 17.0 Å². The third kappa shape index (κ3) is 2.23. The molecule has 0 spiro atoms. The molecule has 0 unspecified atom stereocenters. The molecule has 2 aromatic rings. The lowest BCUT2D eigenvalue weighted by Crippen LogP contribution is -1.92. The van der Waals surface area contributed by atoms with Crippen LogP contribution in [0.3, 0.4) is 0 Å². The van der Waals surface area contributed by atoms with E-state index in [0.717, 1.165) is 5.76 Å². The van der Waals surface area contributed by atoms with Gasteiger partial charge in [0.05, 0.1) is 6.26 Å². The Morgan fingerprint density at radius 2 is 2.54 bits per heavy atom. The van der Waals surface area contributed by atoms with Crippen molar-refractivity contribution < 1.29 is 9.15 Å². The maximum atomic E-state index is 5.62. The van der Waals surface area contributed by atoms with E-state index in [4.69, 9.17) is 20.8 Å². The van der Waals surface area contributed by atoms with Gasteiger partial charge in [-0.05, 0) is 12.1 Å². The number of rotatable bonds is 3. The van der Waals surface area contributed by atoms with Crippen LogP contribution in [0.5, 0.6) is 5.19 Å². The zero-order chi connectivity index (χ0) is 9.10. The Balaban J connectivity index is 1.93. The minimum absolute atomic E-state index is 0.386. The first-order chi connectivity index (χ1) is 6.34. The zero-order valence-corrected chi connectivity index (χ0v) is 8.14. The van der Waals surface area contributed by atoms with Crippen molar-refractivity contribution in [3.05, 3.63) is 34.7 Å². The molecule has 0 aliphatic heterocycles. The minimum Gasteiger partial charge on any atom is -0.466 e. The van der Waals surface area contributed by atoms with Crippen LogP contribution in [0.4, 0.5) is 0 Å². The second-order valence-corrected chi connectivity index (χ2v) is 3.51. The molecule has 0 fully saturated rings. The van der Waals surface area contributed by atoms with Crippen LogP contribution in [0.15, 0.2) is 28.2 Å². The number of hydrogen-bond donors (Lipinski definition) is 0. The SMILES string of the molecule is Clc1csc(OCc2ccco2)n1. The molecule has 0 saturated heterocycles. The average Bonchev–Trinajstić information content (AvgIpc) is 2.71. The molecular weight excluding hydrogens is 210 g/mol. The topological polar surface area (TPSA) is 35.3 Å². The predicted molar refractivity (Wildman–Crippen MR) is 50.2 cm³/mol. The second kappa shape index (κ2) is 3.81. The molecule has 0 bridgehead atoms.